The lowest BCUT2D eigenvalue weighted by Gasteiger charge is -2.07. The predicted octanol–water partition coefficient (Wildman–Crippen LogP) is 0.188. The minimum absolute atomic E-state index is 0.0525. The Kier molecular flexibility index (Phi) is 7.94. The van der Waals surface area contributed by atoms with E-state index in [0.717, 1.165) is 22.9 Å². The summed E-state index contributed by atoms with van der Waals surface area (Å²) in [5.41, 5.74) is 0.490. The van der Waals surface area contributed by atoms with Gasteiger partial charge >= 0.3 is 12.1 Å². The van der Waals surface area contributed by atoms with Crippen molar-refractivity contribution in [2.24, 2.45) is 0 Å². The number of carbonyl (C=O) groups excluding carboxylic acids is 5. The Morgan fingerprint density at radius 1 is 0.833 bits per heavy atom. The van der Waals surface area contributed by atoms with E-state index in [1.54, 1.807) is 0 Å². The topological polar surface area (TPSA) is 197 Å². The smallest absolute Gasteiger partial charge is 0.322 e. The lowest BCUT2D eigenvalue weighted by atomic mass is 10.1. The molecule has 36 heavy (non-hydrogen) atoms. The molecule has 2 atom stereocenters. The molecule has 2 aromatic heterocycles. The molecule has 0 spiro atoms. The standard InChI is InChI=1S/C20H23N9O5S2/c1-9-11(22-18(33)21-9)6-10(30)7-16-28-26-14(35-16)4-2-3-5-15-27-29-20(36-15)24-13(31)8-12-17(32)25-19(34)23-12/h11-12H,1-8H2,(H2,21,22,33)(H,24,29,31)(H2,23,25,32,34). The molecule has 4 rings (SSSR count). The van der Waals surface area contributed by atoms with E-state index >= 15 is 0 Å². The summed E-state index contributed by atoms with van der Waals surface area (Å²) in [5.74, 6) is -1.03. The van der Waals surface area contributed by atoms with E-state index in [-0.39, 0.29) is 31.1 Å². The number of unbranched alkanes of at least 4 members (excludes halogenated alkanes) is 1. The minimum Gasteiger partial charge on any atom is -0.329 e. The first-order valence-electron chi connectivity index (χ1n) is 11.1. The number of nitrogens with one attached hydrogen (secondary N) is 5. The predicted molar refractivity (Wildman–Crippen MR) is 128 cm³/mol. The average Bonchev–Trinajstić information content (AvgIpc) is 3.56. The fourth-order valence-electron chi connectivity index (χ4n) is 3.53. The molecule has 0 bridgehead atoms. The molecule has 0 aliphatic carbocycles. The molecular formula is C20H23N9O5S2. The third kappa shape index (κ3) is 6.88. The maximum Gasteiger partial charge on any atom is 0.322 e. The van der Waals surface area contributed by atoms with Gasteiger partial charge in [0.25, 0.3) is 5.91 Å². The summed E-state index contributed by atoms with van der Waals surface area (Å²) in [4.78, 5) is 58.3. The second-order valence-corrected chi connectivity index (χ2v) is 10.4. The number of amides is 6. The molecular weight excluding hydrogens is 510 g/mol. The number of aryl methyl sites for hydroxylation is 2. The zero-order valence-corrected chi connectivity index (χ0v) is 20.6. The van der Waals surface area contributed by atoms with Crippen LogP contribution in [0.1, 0.15) is 40.7 Å². The first-order chi connectivity index (χ1) is 17.2. The molecule has 190 valence electrons. The number of aromatic nitrogens is 4. The van der Waals surface area contributed by atoms with Crippen LogP contribution in [0.2, 0.25) is 0 Å². The van der Waals surface area contributed by atoms with Crippen molar-refractivity contribution < 1.29 is 24.0 Å². The number of carbonyl (C=O) groups is 5. The van der Waals surface area contributed by atoms with E-state index in [1.165, 1.54) is 22.7 Å². The molecule has 0 saturated carbocycles. The summed E-state index contributed by atoms with van der Waals surface area (Å²) >= 11 is 2.64. The third-order valence-electron chi connectivity index (χ3n) is 5.28. The van der Waals surface area contributed by atoms with Crippen molar-refractivity contribution in [3.05, 3.63) is 27.3 Å². The number of anilines is 1. The summed E-state index contributed by atoms with van der Waals surface area (Å²) < 4.78 is 0. The number of hydrogen-bond donors (Lipinski definition) is 5. The second-order valence-electron chi connectivity index (χ2n) is 8.16. The SMILES string of the molecule is C=C1NC(=O)NC1CC(=O)Cc1nnc(CCCCc2nnc(NC(=O)CC3NC(=O)NC3=O)s2)s1. The Morgan fingerprint density at radius 2 is 1.47 bits per heavy atom. The van der Waals surface area contributed by atoms with E-state index in [9.17, 15) is 24.0 Å². The highest BCUT2D eigenvalue weighted by molar-refractivity contribution is 7.15. The summed E-state index contributed by atoms with van der Waals surface area (Å²) in [7, 11) is 0. The Bertz CT molecular complexity index is 1120. The van der Waals surface area contributed by atoms with Gasteiger partial charge in [-0.25, -0.2) is 9.59 Å². The maximum absolute atomic E-state index is 12.3. The molecule has 2 aliphatic rings. The number of imide groups is 1. The Balaban J connectivity index is 1.13. The number of nitrogens with zero attached hydrogens (tertiary/aromatic N) is 4. The van der Waals surface area contributed by atoms with Gasteiger partial charge < -0.3 is 21.3 Å². The van der Waals surface area contributed by atoms with E-state index in [2.05, 4.69) is 53.6 Å². The van der Waals surface area contributed by atoms with Crippen molar-refractivity contribution in [1.29, 1.82) is 0 Å². The summed E-state index contributed by atoms with van der Waals surface area (Å²) in [6, 6.07) is -2.26. The van der Waals surface area contributed by atoms with Gasteiger partial charge in [-0.05, 0) is 12.8 Å². The second kappa shape index (κ2) is 11.3. The van der Waals surface area contributed by atoms with Crippen LogP contribution in [0.15, 0.2) is 12.3 Å². The Hall–Kier alpha value is -3.79. The first-order valence-corrected chi connectivity index (χ1v) is 12.7. The van der Waals surface area contributed by atoms with Crippen LogP contribution >= 0.6 is 22.7 Å². The quantitative estimate of drug-likeness (QED) is 0.187. The highest BCUT2D eigenvalue weighted by Crippen LogP contribution is 2.20. The van der Waals surface area contributed by atoms with Crippen molar-refractivity contribution >= 4 is 57.5 Å². The molecule has 2 aromatic rings. The fraction of sp³-hybridized carbons (Fsp3) is 0.450. The highest BCUT2D eigenvalue weighted by atomic mass is 32.1. The zero-order chi connectivity index (χ0) is 25.7. The molecule has 0 aromatic carbocycles. The van der Waals surface area contributed by atoms with Crippen LogP contribution in [-0.2, 0) is 33.6 Å². The average molecular weight is 534 g/mol. The number of Topliss-reactive ketones (excluding diaryl/α,β-unsaturated/α-hetero) is 1. The largest absolute Gasteiger partial charge is 0.329 e. The molecule has 2 aliphatic heterocycles. The Morgan fingerprint density at radius 3 is 2.14 bits per heavy atom. The summed E-state index contributed by atoms with van der Waals surface area (Å²) in [6.07, 6.45) is 3.16. The normalized spacial score (nSPS) is 19.0. The van der Waals surface area contributed by atoms with Crippen LogP contribution in [0.3, 0.4) is 0 Å². The molecule has 16 heteroatoms. The van der Waals surface area contributed by atoms with Gasteiger partial charge in [0.2, 0.25) is 11.0 Å². The van der Waals surface area contributed by atoms with Crippen molar-refractivity contribution in [3.63, 3.8) is 0 Å². The maximum atomic E-state index is 12.3. The van der Waals surface area contributed by atoms with Gasteiger partial charge in [-0.2, -0.15) is 0 Å². The summed E-state index contributed by atoms with van der Waals surface area (Å²) in [5, 5.41) is 31.0. The van der Waals surface area contributed by atoms with Crippen molar-refractivity contribution in [3.8, 4) is 0 Å². The number of hydrogen-bond acceptors (Lipinski definition) is 11. The van der Waals surface area contributed by atoms with Gasteiger partial charge in [0.05, 0.1) is 18.9 Å². The Labute approximate surface area is 212 Å². The van der Waals surface area contributed by atoms with Crippen LogP contribution < -0.4 is 26.6 Å². The molecule has 2 unspecified atom stereocenters. The van der Waals surface area contributed by atoms with Gasteiger partial charge in [0.1, 0.15) is 26.8 Å². The molecule has 2 saturated heterocycles. The lowest BCUT2D eigenvalue weighted by molar-refractivity contribution is -0.124. The van der Waals surface area contributed by atoms with Gasteiger partial charge in [0, 0.05) is 25.0 Å². The van der Waals surface area contributed by atoms with E-state index < -0.39 is 29.9 Å². The van der Waals surface area contributed by atoms with Crippen LogP contribution in [-0.4, -0.2) is 62.1 Å². The van der Waals surface area contributed by atoms with E-state index in [0.29, 0.717) is 28.7 Å². The number of rotatable bonds is 12. The van der Waals surface area contributed by atoms with Crippen molar-refractivity contribution in [2.45, 2.75) is 57.0 Å². The minimum atomic E-state index is -0.892. The highest BCUT2D eigenvalue weighted by Gasteiger charge is 2.31. The van der Waals surface area contributed by atoms with Gasteiger partial charge in [-0.3, -0.25) is 19.7 Å². The third-order valence-corrected chi connectivity index (χ3v) is 7.16. The lowest BCUT2D eigenvalue weighted by Crippen LogP contribution is -2.33. The van der Waals surface area contributed by atoms with E-state index in [1.807, 2.05) is 0 Å². The molecule has 4 heterocycles. The van der Waals surface area contributed by atoms with Crippen molar-refractivity contribution in [1.82, 2.24) is 41.7 Å². The van der Waals surface area contributed by atoms with Crippen LogP contribution in [0.4, 0.5) is 14.7 Å². The van der Waals surface area contributed by atoms with Crippen LogP contribution in [0, 0.1) is 0 Å². The van der Waals surface area contributed by atoms with Gasteiger partial charge in [0.15, 0.2) is 0 Å². The van der Waals surface area contributed by atoms with Crippen molar-refractivity contribution in [2.75, 3.05) is 5.32 Å². The summed E-state index contributed by atoms with van der Waals surface area (Å²) in [6.45, 7) is 3.73. The molecule has 0 radical (unpaired) electrons. The van der Waals surface area contributed by atoms with Crippen LogP contribution in [0.25, 0.3) is 0 Å². The number of ketones is 1. The van der Waals surface area contributed by atoms with Crippen LogP contribution in [0.5, 0.6) is 0 Å². The van der Waals surface area contributed by atoms with Gasteiger partial charge in [-0.1, -0.05) is 17.9 Å². The zero-order valence-electron chi connectivity index (χ0n) is 19.0. The fourth-order valence-corrected chi connectivity index (χ4v) is 5.25. The molecule has 6 amide bonds. The first kappa shape index (κ1) is 25.3. The molecule has 2 fully saturated rings. The monoisotopic (exact) mass is 533 g/mol. The number of urea groups is 2. The molecule has 5 N–H and O–H groups in total. The molecule has 14 nitrogen and oxygen atoms in total. The van der Waals surface area contributed by atoms with E-state index in [4.69, 9.17) is 0 Å². The van der Waals surface area contributed by atoms with Gasteiger partial charge in [-0.15, -0.1) is 31.7 Å².